The van der Waals surface area contributed by atoms with Crippen molar-refractivity contribution in [1.82, 2.24) is 15.1 Å². The second kappa shape index (κ2) is 9.40. The van der Waals surface area contributed by atoms with Gasteiger partial charge in [-0.1, -0.05) is 24.3 Å². The Morgan fingerprint density at radius 2 is 1.79 bits per heavy atom. The molecule has 0 bridgehead atoms. The molecule has 0 radical (unpaired) electrons. The lowest BCUT2D eigenvalue weighted by Crippen LogP contribution is -2.58. The van der Waals surface area contributed by atoms with E-state index in [1.807, 2.05) is 42.5 Å². The highest BCUT2D eigenvalue weighted by atomic mass is 16.5. The van der Waals surface area contributed by atoms with Gasteiger partial charge in [-0.05, 0) is 37.1 Å². The minimum absolute atomic E-state index is 0.0143. The summed E-state index contributed by atoms with van der Waals surface area (Å²) in [5.74, 6) is 0.392. The van der Waals surface area contributed by atoms with E-state index in [-0.39, 0.29) is 24.4 Å². The summed E-state index contributed by atoms with van der Waals surface area (Å²) in [6, 6.07) is 16.7. The SMILES string of the molecule is CNC(=O)CN1CN(c2ccccc2)C2(CCN(C(=O)Nc3cccc(OC)c3)CC2)C1=O. The summed E-state index contributed by atoms with van der Waals surface area (Å²) in [7, 11) is 3.14. The lowest BCUT2D eigenvalue weighted by molar-refractivity contribution is -0.137. The third kappa shape index (κ3) is 4.44. The van der Waals surface area contributed by atoms with Crippen LogP contribution in [-0.2, 0) is 9.59 Å². The van der Waals surface area contributed by atoms with Gasteiger partial charge in [0.2, 0.25) is 5.91 Å². The Kier molecular flexibility index (Phi) is 6.39. The number of likely N-dealkylation sites (N-methyl/N-ethyl adjacent to an activating group) is 1. The molecule has 4 amide bonds. The number of hydrogen-bond acceptors (Lipinski definition) is 5. The van der Waals surface area contributed by atoms with Crippen molar-refractivity contribution < 1.29 is 19.1 Å². The lowest BCUT2D eigenvalue weighted by atomic mass is 9.85. The van der Waals surface area contributed by atoms with Crippen molar-refractivity contribution in [3.8, 4) is 5.75 Å². The van der Waals surface area contributed by atoms with Gasteiger partial charge < -0.3 is 30.1 Å². The van der Waals surface area contributed by atoms with Crippen molar-refractivity contribution in [2.24, 2.45) is 0 Å². The number of likely N-dealkylation sites (tertiary alicyclic amines) is 1. The first-order valence-electron chi connectivity index (χ1n) is 11.0. The normalized spacial score (nSPS) is 17.3. The molecule has 174 valence electrons. The monoisotopic (exact) mass is 451 g/mol. The Morgan fingerprint density at radius 3 is 2.45 bits per heavy atom. The van der Waals surface area contributed by atoms with Crippen LogP contribution < -0.4 is 20.3 Å². The van der Waals surface area contributed by atoms with Crippen molar-refractivity contribution in [3.63, 3.8) is 0 Å². The van der Waals surface area contributed by atoms with Gasteiger partial charge in [0, 0.05) is 37.6 Å². The van der Waals surface area contributed by atoms with E-state index in [1.165, 1.54) is 0 Å². The number of benzene rings is 2. The summed E-state index contributed by atoms with van der Waals surface area (Å²) >= 11 is 0. The predicted molar refractivity (Wildman–Crippen MR) is 125 cm³/mol. The largest absolute Gasteiger partial charge is 0.497 e. The average molecular weight is 452 g/mol. The molecule has 2 aromatic rings. The maximum Gasteiger partial charge on any atom is 0.321 e. The summed E-state index contributed by atoms with van der Waals surface area (Å²) in [4.78, 5) is 43.8. The highest BCUT2D eigenvalue weighted by molar-refractivity contribution is 5.96. The van der Waals surface area contributed by atoms with E-state index in [9.17, 15) is 14.4 Å². The molecular formula is C24H29N5O4. The topological polar surface area (TPSA) is 94.2 Å². The minimum Gasteiger partial charge on any atom is -0.497 e. The molecule has 2 aliphatic heterocycles. The van der Waals surface area contributed by atoms with Gasteiger partial charge in [0.25, 0.3) is 5.91 Å². The number of para-hydroxylation sites is 1. The van der Waals surface area contributed by atoms with Crippen LogP contribution in [0.4, 0.5) is 16.2 Å². The van der Waals surface area contributed by atoms with Gasteiger partial charge in [-0.25, -0.2) is 4.79 Å². The average Bonchev–Trinajstić information content (AvgIpc) is 3.11. The Morgan fingerprint density at radius 1 is 1.06 bits per heavy atom. The Bertz CT molecular complexity index is 1020. The molecule has 0 atom stereocenters. The van der Waals surface area contributed by atoms with Crippen LogP contribution in [-0.4, -0.2) is 73.6 Å². The summed E-state index contributed by atoms with van der Waals surface area (Å²) < 4.78 is 5.22. The van der Waals surface area contributed by atoms with Crippen LogP contribution in [0, 0.1) is 0 Å². The molecule has 4 rings (SSSR count). The van der Waals surface area contributed by atoms with Gasteiger partial charge in [0.1, 0.15) is 17.8 Å². The molecule has 1 spiro atoms. The zero-order valence-electron chi connectivity index (χ0n) is 18.9. The Labute approximate surface area is 193 Å². The van der Waals surface area contributed by atoms with Crippen molar-refractivity contribution in [2.45, 2.75) is 18.4 Å². The number of rotatable bonds is 5. The number of urea groups is 1. The second-order valence-corrected chi connectivity index (χ2v) is 8.26. The maximum atomic E-state index is 13.5. The molecule has 2 heterocycles. The zero-order chi connectivity index (χ0) is 23.4. The highest BCUT2D eigenvalue weighted by Gasteiger charge is 2.54. The first-order chi connectivity index (χ1) is 16.0. The number of amides is 4. The maximum absolute atomic E-state index is 13.5. The molecule has 0 aliphatic carbocycles. The smallest absolute Gasteiger partial charge is 0.321 e. The fourth-order valence-corrected chi connectivity index (χ4v) is 4.56. The van der Waals surface area contributed by atoms with Crippen molar-refractivity contribution >= 4 is 29.2 Å². The Hall–Kier alpha value is -3.75. The molecule has 2 aliphatic rings. The zero-order valence-corrected chi connectivity index (χ0v) is 18.9. The third-order valence-corrected chi connectivity index (χ3v) is 6.39. The second-order valence-electron chi connectivity index (χ2n) is 8.26. The number of anilines is 2. The van der Waals surface area contributed by atoms with E-state index in [4.69, 9.17) is 4.74 Å². The van der Waals surface area contributed by atoms with Gasteiger partial charge in [-0.2, -0.15) is 0 Å². The van der Waals surface area contributed by atoms with Gasteiger partial charge in [-0.15, -0.1) is 0 Å². The molecule has 0 saturated carbocycles. The predicted octanol–water partition coefficient (Wildman–Crippen LogP) is 2.11. The number of carbonyl (C=O) groups excluding carboxylic acids is 3. The van der Waals surface area contributed by atoms with Crippen LogP contribution in [0.5, 0.6) is 5.75 Å². The molecule has 2 fully saturated rings. The first-order valence-corrected chi connectivity index (χ1v) is 11.0. The quantitative estimate of drug-likeness (QED) is 0.726. The molecule has 2 saturated heterocycles. The summed E-state index contributed by atoms with van der Waals surface area (Å²) in [6.45, 7) is 1.21. The van der Waals surface area contributed by atoms with E-state index in [0.717, 1.165) is 5.69 Å². The van der Waals surface area contributed by atoms with E-state index >= 15 is 0 Å². The number of hydrogen-bond donors (Lipinski definition) is 2. The number of nitrogens with one attached hydrogen (secondary N) is 2. The molecule has 9 nitrogen and oxygen atoms in total. The van der Waals surface area contributed by atoms with Gasteiger partial charge in [-0.3, -0.25) is 9.59 Å². The first kappa shape index (κ1) is 22.4. The molecule has 2 N–H and O–H groups in total. The molecular weight excluding hydrogens is 422 g/mol. The number of carbonyl (C=O) groups is 3. The standard InChI is InChI=1S/C24H29N5O4/c1-25-21(30)16-28-17-29(19-8-4-3-5-9-19)24(22(28)31)11-13-27(14-12-24)23(32)26-18-7-6-10-20(15-18)33-2/h3-10,15H,11-14,16-17H2,1-2H3,(H,25,30)(H,26,32). The molecule has 9 heteroatoms. The van der Waals surface area contributed by atoms with Crippen LogP contribution >= 0.6 is 0 Å². The van der Waals surface area contributed by atoms with E-state index < -0.39 is 5.54 Å². The summed E-state index contributed by atoms with van der Waals surface area (Å²) in [5, 5.41) is 5.50. The van der Waals surface area contributed by atoms with Crippen molar-refractivity contribution in [2.75, 3.05) is 50.7 Å². The number of piperidine rings is 1. The van der Waals surface area contributed by atoms with Gasteiger partial charge in [0.05, 0.1) is 13.8 Å². The van der Waals surface area contributed by atoms with Crippen LogP contribution in [0.25, 0.3) is 0 Å². The van der Waals surface area contributed by atoms with Gasteiger partial charge >= 0.3 is 6.03 Å². The molecule has 0 aromatic heterocycles. The summed E-state index contributed by atoms with van der Waals surface area (Å²) in [6.07, 6.45) is 0.965. The van der Waals surface area contributed by atoms with Crippen molar-refractivity contribution in [3.05, 3.63) is 54.6 Å². The van der Waals surface area contributed by atoms with Gasteiger partial charge in [0.15, 0.2) is 0 Å². The molecule has 0 unspecified atom stereocenters. The fourth-order valence-electron chi connectivity index (χ4n) is 4.56. The third-order valence-electron chi connectivity index (χ3n) is 6.39. The van der Waals surface area contributed by atoms with Crippen LogP contribution in [0.1, 0.15) is 12.8 Å². The molecule has 2 aromatic carbocycles. The highest BCUT2D eigenvalue weighted by Crippen LogP contribution is 2.39. The van der Waals surface area contributed by atoms with E-state index in [1.54, 1.807) is 36.1 Å². The van der Waals surface area contributed by atoms with Crippen LogP contribution in [0.2, 0.25) is 0 Å². The number of methoxy groups -OCH3 is 1. The molecule has 33 heavy (non-hydrogen) atoms. The van der Waals surface area contributed by atoms with E-state index in [0.29, 0.717) is 44.0 Å². The fraction of sp³-hybridized carbons (Fsp3) is 0.375. The lowest BCUT2D eigenvalue weighted by Gasteiger charge is -2.43. The van der Waals surface area contributed by atoms with E-state index in [2.05, 4.69) is 15.5 Å². The van der Waals surface area contributed by atoms with Crippen LogP contribution in [0.3, 0.4) is 0 Å². The summed E-state index contributed by atoms with van der Waals surface area (Å²) in [5.41, 5.74) is 0.807. The van der Waals surface area contributed by atoms with Crippen LogP contribution in [0.15, 0.2) is 54.6 Å². The van der Waals surface area contributed by atoms with Crippen molar-refractivity contribution in [1.29, 1.82) is 0 Å². The number of ether oxygens (including phenoxy) is 1. The Balaban J connectivity index is 1.50. The minimum atomic E-state index is -0.776. The number of nitrogens with zero attached hydrogens (tertiary/aromatic N) is 3.